The van der Waals surface area contributed by atoms with Gasteiger partial charge in [0.25, 0.3) is 0 Å². The zero-order valence-corrected chi connectivity index (χ0v) is 10.3. The molecule has 0 bridgehead atoms. The minimum absolute atomic E-state index is 0.0987. The summed E-state index contributed by atoms with van der Waals surface area (Å²) in [6.07, 6.45) is 3.63. The Balaban J connectivity index is 3.99. The summed E-state index contributed by atoms with van der Waals surface area (Å²) >= 11 is 1.74. The van der Waals surface area contributed by atoms with Crippen LogP contribution in [0, 0.1) is 0 Å². The van der Waals surface area contributed by atoms with Crippen molar-refractivity contribution in [1.29, 1.82) is 0 Å². The summed E-state index contributed by atoms with van der Waals surface area (Å²) in [6.45, 7) is 6.94. The van der Waals surface area contributed by atoms with E-state index in [2.05, 4.69) is 19.2 Å². The van der Waals surface area contributed by atoms with E-state index in [1.165, 1.54) is 0 Å². The van der Waals surface area contributed by atoms with Crippen molar-refractivity contribution in [2.45, 2.75) is 44.4 Å². The van der Waals surface area contributed by atoms with Gasteiger partial charge in [-0.1, -0.05) is 13.3 Å². The fraction of sp³-hybridized carbons (Fsp3) is 0.900. The highest BCUT2D eigenvalue weighted by Gasteiger charge is 2.21. The topological polar surface area (TPSA) is 49.3 Å². The Morgan fingerprint density at radius 3 is 2.50 bits per heavy atom. The molecule has 0 amide bonds. The maximum absolute atomic E-state index is 10.8. The predicted molar refractivity (Wildman–Crippen MR) is 61.9 cm³/mol. The van der Waals surface area contributed by atoms with Gasteiger partial charge in [0.1, 0.15) is 6.04 Å². The lowest BCUT2D eigenvalue weighted by Crippen LogP contribution is -2.43. The molecule has 0 aromatic carbocycles. The Morgan fingerprint density at radius 1 is 1.57 bits per heavy atom. The van der Waals surface area contributed by atoms with Crippen LogP contribution in [0.1, 0.15) is 33.6 Å². The molecule has 4 heteroatoms. The molecular formula is C10H21NO2S. The number of rotatable bonds is 7. The Morgan fingerprint density at radius 2 is 2.14 bits per heavy atom. The molecule has 0 heterocycles. The van der Waals surface area contributed by atoms with Crippen molar-refractivity contribution in [2.24, 2.45) is 0 Å². The van der Waals surface area contributed by atoms with Crippen LogP contribution < -0.4 is 5.32 Å². The van der Waals surface area contributed by atoms with E-state index in [4.69, 9.17) is 5.11 Å². The lowest BCUT2D eigenvalue weighted by molar-refractivity contribution is -0.139. The number of hydrogen-bond donors (Lipinski definition) is 2. The van der Waals surface area contributed by atoms with E-state index < -0.39 is 12.0 Å². The summed E-state index contributed by atoms with van der Waals surface area (Å²) in [6, 6.07) is -0.397. The van der Waals surface area contributed by atoms with Gasteiger partial charge in [0, 0.05) is 11.3 Å². The highest BCUT2D eigenvalue weighted by Crippen LogP contribution is 2.19. The third-order valence-electron chi connectivity index (χ3n) is 2.20. The summed E-state index contributed by atoms with van der Waals surface area (Å²) in [7, 11) is 0. The van der Waals surface area contributed by atoms with Crippen molar-refractivity contribution < 1.29 is 9.90 Å². The SMILES string of the molecule is CCCC(NCC(C)(C)SC)C(=O)O. The summed E-state index contributed by atoms with van der Waals surface area (Å²) in [4.78, 5) is 10.8. The van der Waals surface area contributed by atoms with Crippen molar-refractivity contribution in [3.8, 4) is 0 Å². The minimum atomic E-state index is -0.747. The van der Waals surface area contributed by atoms with Crippen molar-refractivity contribution in [1.82, 2.24) is 5.32 Å². The van der Waals surface area contributed by atoms with Gasteiger partial charge < -0.3 is 10.4 Å². The van der Waals surface area contributed by atoms with Gasteiger partial charge in [-0.3, -0.25) is 4.79 Å². The Hall–Kier alpha value is -0.220. The molecule has 14 heavy (non-hydrogen) atoms. The number of carboxylic acids is 1. The highest BCUT2D eigenvalue weighted by molar-refractivity contribution is 7.99. The van der Waals surface area contributed by atoms with Gasteiger partial charge in [-0.15, -0.1) is 0 Å². The van der Waals surface area contributed by atoms with Crippen LogP contribution >= 0.6 is 11.8 Å². The van der Waals surface area contributed by atoms with Crippen LogP contribution in [-0.4, -0.2) is 34.7 Å². The second kappa shape index (κ2) is 6.30. The van der Waals surface area contributed by atoms with Crippen LogP contribution in [0.4, 0.5) is 0 Å². The molecule has 0 aliphatic heterocycles. The fourth-order valence-corrected chi connectivity index (χ4v) is 1.27. The first kappa shape index (κ1) is 13.8. The third kappa shape index (κ3) is 5.50. The first-order chi connectivity index (χ1) is 6.43. The second-order valence-corrected chi connectivity index (χ2v) is 5.54. The van der Waals surface area contributed by atoms with Crippen molar-refractivity contribution in [3.05, 3.63) is 0 Å². The molecule has 0 rings (SSSR count). The third-order valence-corrected chi connectivity index (χ3v) is 3.45. The lowest BCUT2D eigenvalue weighted by Gasteiger charge is -2.24. The maximum Gasteiger partial charge on any atom is 0.320 e. The minimum Gasteiger partial charge on any atom is -0.480 e. The molecule has 1 atom stereocenters. The summed E-state index contributed by atoms with van der Waals surface area (Å²) in [5.41, 5.74) is 0. The smallest absolute Gasteiger partial charge is 0.320 e. The van der Waals surface area contributed by atoms with E-state index in [1.807, 2.05) is 13.2 Å². The zero-order valence-electron chi connectivity index (χ0n) is 9.46. The van der Waals surface area contributed by atoms with E-state index >= 15 is 0 Å². The normalized spacial score (nSPS) is 14.0. The molecule has 0 fully saturated rings. The first-order valence-corrected chi connectivity index (χ1v) is 6.16. The van der Waals surface area contributed by atoms with Crippen LogP contribution in [0.25, 0.3) is 0 Å². The summed E-state index contributed by atoms with van der Waals surface area (Å²) < 4.78 is 0.0987. The van der Waals surface area contributed by atoms with Crippen LogP contribution in [-0.2, 0) is 4.79 Å². The predicted octanol–water partition coefficient (Wildman–Crippen LogP) is 1.97. The Kier molecular flexibility index (Phi) is 6.20. The van der Waals surface area contributed by atoms with Gasteiger partial charge in [0.15, 0.2) is 0 Å². The van der Waals surface area contributed by atoms with E-state index in [1.54, 1.807) is 11.8 Å². The molecule has 0 radical (unpaired) electrons. The molecule has 0 spiro atoms. The quantitative estimate of drug-likeness (QED) is 0.687. The lowest BCUT2D eigenvalue weighted by atomic mass is 10.1. The van der Waals surface area contributed by atoms with Crippen LogP contribution in [0.15, 0.2) is 0 Å². The van der Waals surface area contributed by atoms with Gasteiger partial charge in [-0.2, -0.15) is 11.8 Å². The highest BCUT2D eigenvalue weighted by atomic mass is 32.2. The van der Waals surface area contributed by atoms with Crippen molar-refractivity contribution in [3.63, 3.8) is 0 Å². The molecule has 2 N–H and O–H groups in total. The standard InChI is InChI=1S/C10H21NO2S/c1-5-6-8(9(12)13)11-7-10(2,3)14-4/h8,11H,5-7H2,1-4H3,(H,12,13). The average Bonchev–Trinajstić information content (AvgIpc) is 2.12. The molecule has 1 unspecified atom stereocenters. The molecule has 0 aliphatic carbocycles. The Bertz CT molecular complexity index is 183. The molecule has 3 nitrogen and oxygen atoms in total. The molecule has 0 saturated heterocycles. The first-order valence-electron chi connectivity index (χ1n) is 4.94. The molecule has 0 saturated carbocycles. The number of carbonyl (C=O) groups is 1. The molecule has 0 aromatic rings. The maximum atomic E-state index is 10.8. The zero-order chi connectivity index (χ0) is 11.2. The molecular weight excluding hydrogens is 198 g/mol. The number of hydrogen-bond acceptors (Lipinski definition) is 3. The summed E-state index contributed by atoms with van der Waals surface area (Å²) in [5.74, 6) is -0.747. The number of nitrogens with one attached hydrogen (secondary N) is 1. The van der Waals surface area contributed by atoms with E-state index in [0.29, 0.717) is 6.42 Å². The fourth-order valence-electron chi connectivity index (χ4n) is 1.04. The largest absolute Gasteiger partial charge is 0.480 e. The van der Waals surface area contributed by atoms with Gasteiger partial charge in [0.05, 0.1) is 0 Å². The van der Waals surface area contributed by atoms with E-state index in [0.717, 1.165) is 13.0 Å². The van der Waals surface area contributed by atoms with E-state index in [-0.39, 0.29) is 4.75 Å². The van der Waals surface area contributed by atoms with Crippen molar-refractivity contribution in [2.75, 3.05) is 12.8 Å². The van der Waals surface area contributed by atoms with Crippen LogP contribution in [0.5, 0.6) is 0 Å². The summed E-state index contributed by atoms with van der Waals surface area (Å²) in [5, 5.41) is 12.0. The second-order valence-electron chi connectivity index (χ2n) is 4.02. The van der Waals surface area contributed by atoms with Crippen molar-refractivity contribution >= 4 is 17.7 Å². The van der Waals surface area contributed by atoms with Gasteiger partial charge in [0.2, 0.25) is 0 Å². The van der Waals surface area contributed by atoms with Gasteiger partial charge in [-0.25, -0.2) is 0 Å². The molecule has 84 valence electrons. The molecule has 0 aromatic heterocycles. The van der Waals surface area contributed by atoms with Gasteiger partial charge in [-0.05, 0) is 26.5 Å². The number of thioether (sulfide) groups is 1. The monoisotopic (exact) mass is 219 g/mol. The van der Waals surface area contributed by atoms with E-state index in [9.17, 15) is 4.79 Å². The Labute approximate surface area is 90.7 Å². The average molecular weight is 219 g/mol. The number of carboxylic acid groups (broad SMARTS) is 1. The molecule has 0 aliphatic rings. The van der Waals surface area contributed by atoms with Crippen LogP contribution in [0.3, 0.4) is 0 Å². The van der Waals surface area contributed by atoms with Gasteiger partial charge >= 0.3 is 5.97 Å². The van der Waals surface area contributed by atoms with Crippen LogP contribution in [0.2, 0.25) is 0 Å². The number of aliphatic carboxylic acids is 1.